The molecule has 1 aromatic rings. The number of carbonyl (C=O) groups excluding carboxylic acids is 1. The minimum absolute atomic E-state index is 0.0750. The van der Waals surface area contributed by atoms with Crippen LogP contribution < -0.4 is 0 Å². The number of piperidine rings is 1. The number of nitrogens with zero attached hydrogens (tertiary/aromatic N) is 2. The highest BCUT2D eigenvalue weighted by atomic mass is 32.2. The summed E-state index contributed by atoms with van der Waals surface area (Å²) in [6.07, 6.45) is 2.34. The highest BCUT2D eigenvalue weighted by Gasteiger charge is 2.31. The van der Waals surface area contributed by atoms with Gasteiger partial charge in [-0.15, -0.1) is 23.1 Å². The van der Waals surface area contributed by atoms with E-state index in [0.717, 1.165) is 23.5 Å². The number of rotatable bonds is 5. The van der Waals surface area contributed by atoms with Crippen LogP contribution in [0.2, 0.25) is 0 Å². The van der Waals surface area contributed by atoms with Crippen LogP contribution in [-0.2, 0) is 15.3 Å². The molecule has 1 unspecified atom stereocenters. The molecule has 7 heteroatoms. The molecule has 0 spiro atoms. The first kappa shape index (κ1) is 15.3. The van der Waals surface area contributed by atoms with Gasteiger partial charge >= 0.3 is 5.97 Å². The standard InChI is InChI=1S/C13H18N2O3S2/c1-9-14-10(7-20-9)6-19-8-12(16)15-5-3-2-4-11(15)13(17)18/h7,11H,2-6,8H2,1H3,(H,17,18). The number of aliphatic carboxylic acids is 1. The molecule has 1 N–H and O–H groups in total. The molecule has 1 aliphatic rings. The van der Waals surface area contributed by atoms with Gasteiger partial charge in [0.25, 0.3) is 0 Å². The molecule has 2 rings (SSSR count). The van der Waals surface area contributed by atoms with Crippen molar-refractivity contribution >= 4 is 35.0 Å². The second-order valence-corrected chi connectivity index (χ2v) is 6.84. The van der Waals surface area contributed by atoms with Gasteiger partial charge in [0.15, 0.2) is 0 Å². The van der Waals surface area contributed by atoms with Crippen molar-refractivity contribution in [2.45, 2.75) is 38.0 Å². The monoisotopic (exact) mass is 314 g/mol. The number of aryl methyl sites for hydroxylation is 1. The minimum atomic E-state index is -0.891. The number of likely N-dealkylation sites (tertiary alicyclic amines) is 1. The maximum absolute atomic E-state index is 12.1. The van der Waals surface area contributed by atoms with E-state index in [1.54, 1.807) is 11.3 Å². The quantitative estimate of drug-likeness (QED) is 0.902. The fraction of sp³-hybridized carbons (Fsp3) is 0.615. The van der Waals surface area contributed by atoms with Crippen LogP contribution in [0.25, 0.3) is 0 Å². The Kier molecular flexibility index (Phi) is 5.42. The zero-order chi connectivity index (χ0) is 14.5. The van der Waals surface area contributed by atoms with Crippen molar-refractivity contribution < 1.29 is 14.7 Å². The van der Waals surface area contributed by atoms with Gasteiger partial charge in [-0.25, -0.2) is 9.78 Å². The molecule has 0 aromatic carbocycles. The Balaban J connectivity index is 1.82. The van der Waals surface area contributed by atoms with Gasteiger partial charge in [0.05, 0.1) is 16.5 Å². The number of hydrogen-bond acceptors (Lipinski definition) is 5. The number of thiazole rings is 1. The summed E-state index contributed by atoms with van der Waals surface area (Å²) in [5.41, 5.74) is 0.985. The van der Waals surface area contributed by atoms with Crippen molar-refractivity contribution in [2.24, 2.45) is 0 Å². The van der Waals surface area contributed by atoms with Crippen molar-refractivity contribution in [3.63, 3.8) is 0 Å². The van der Waals surface area contributed by atoms with E-state index in [4.69, 9.17) is 5.11 Å². The average molecular weight is 314 g/mol. The molecule has 0 radical (unpaired) electrons. The second-order valence-electron chi connectivity index (χ2n) is 4.79. The highest BCUT2D eigenvalue weighted by molar-refractivity contribution is 7.99. The van der Waals surface area contributed by atoms with Gasteiger partial charge in [0.1, 0.15) is 6.04 Å². The van der Waals surface area contributed by atoms with Gasteiger partial charge in [-0.2, -0.15) is 0 Å². The Morgan fingerprint density at radius 1 is 1.55 bits per heavy atom. The Morgan fingerprint density at radius 2 is 2.35 bits per heavy atom. The molecule has 1 amide bonds. The second kappa shape index (κ2) is 7.08. The largest absolute Gasteiger partial charge is 0.480 e. The smallest absolute Gasteiger partial charge is 0.326 e. The van der Waals surface area contributed by atoms with Crippen molar-refractivity contribution in [3.05, 3.63) is 16.1 Å². The zero-order valence-corrected chi connectivity index (χ0v) is 13.0. The minimum Gasteiger partial charge on any atom is -0.480 e. The van der Waals surface area contributed by atoms with Crippen molar-refractivity contribution in [1.29, 1.82) is 0 Å². The maximum Gasteiger partial charge on any atom is 0.326 e. The molecular weight excluding hydrogens is 296 g/mol. The van der Waals surface area contributed by atoms with E-state index in [2.05, 4.69) is 4.98 Å². The summed E-state index contributed by atoms with van der Waals surface area (Å²) in [5, 5.41) is 12.2. The van der Waals surface area contributed by atoms with Crippen LogP contribution in [0.5, 0.6) is 0 Å². The first-order chi connectivity index (χ1) is 9.58. The predicted molar refractivity (Wildman–Crippen MR) is 80.0 cm³/mol. The summed E-state index contributed by atoms with van der Waals surface area (Å²) >= 11 is 3.09. The molecule has 5 nitrogen and oxygen atoms in total. The van der Waals surface area contributed by atoms with E-state index in [-0.39, 0.29) is 5.91 Å². The fourth-order valence-electron chi connectivity index (χ4n) is 2.29. The lowest BCUT2D eigenvalue weighted by Gasteiger charge is -2.32. The number of amides is 1. The van der Waals surface area contributed by atoms with Crippen LogP contribution in [0, 0.1) is 6.92 Å². The van der Waals surface area contributed by atoms with Crippen LogP contribution >= 0.6 is 23.1 Å². The number of carboxylic acids is 1. The summed E-state index contributed by atoms with van der Waals surface area (Å²) in [5.74, 6) is 0.0504. The van der Waals surface area contributed by atoms with Crippen molar-refractivity contribution in [1.82, 2.24) is 9.88 Å². The normalized spacial score (nSPS) is 19.1. The molecule has 1 atom stereocenters. The van der Waals surface area contributed by atoms with E-state index in [9.17, 15) is 9.59 Å². The predicted octanol–water partition coefficient (Wildman–Crippen LogP) is 2.15. The third-order valence-electron chi connectivity index (χ3n) is 3.25. The molecule has 0 bridgehead atoms. The Bertz CT molecular complexity index is 490. The zero-order valence-electron chi connectivity index (χ0n) is 11.4. The maximum atomic E-state index is 12.1. The van der Waals surface area contributed by atoms with Gasteiger partial charge < -0.3 is 10.0 Å². The number of hydrogen-bond donors (Lipinski definition) is 1. The SMILES string of the molecule is Cc1nc(CSCC(=O)N2CCCCC2C(=O)O)cs1. The van der Waals surface area contributed by atoms with Gasteiger partial charge in [-0.1, -0.05) is 0 Å². The van der Waals surface area contributed by atoms with E-state index in [0.29, 0.717) is 24.5 Å². The Hall–Kier alpha value is -1.08. The van der Waals surface area contributed by atoms with E-state index >= 15 is 0 Å². The Morgan fingerprint density at radius 3 is 3.00 bits per heavy atom. The topological polar surface area (TPSA) is 70.5 Å². The molecule has 1 fully saturated rings. The number of carboxylic acid groups (broad SMARTS) is 1. The lowest BCUT2D eigenvalue weighted by Crippen LogP contribution is -2.48. The summed E-state index contributed by atoms with van der Waals surface area (Å²) < 4.78 is 0. The Labute approximate surface area is 126 Å². The van der Waals surface area contributed by atoms with Gasteiger partial charge in [0.2, 0.25) is 5.91 Å². The third kappa shape index (κ3) is 3.96. The number of carbonyl (C=O) groups is 2. The molecule has 2 heterocycles. The van der Waals surface area contributed by atoms with E-state index < -0.39 is 12.0 Å². The fourth-order valence-corrected chi connectivity index (χ4v) is 3.80. The van der Waals surface area contributed by atoms with Gasteiger partial charge in [-0.05, 0) is 26.2 Å². The lowest BCUT2D eigenvalue weighted by atomic mass is 10.0. The first-order valence-electron chi connectivity index (χ1n) is 6.59. The lowest BCUT2D eigenvalue weighted by molar-refractivity contribution is -0.150. The van der Waals surface area contributed by atoms with Gasteiger partial charge in [0, 0.05) is 17.7 Å². The number of aromatic nitrogens is 1. The summed E-state index contributed by atoms with van der Waals surface area (Å²) in [6, 6.07) is -0.640. The molecule has 1 aliphatic heterocycles. The molecule has 1 aromatic heterocycles. The molecule has 1 saturated heterocycles. The molecule has 110 valence electrons. The molecular formula is C13H18N2O3S2. The van der Waals surface area contributed by atoms with Crippen molar-refractivity contribution in [2.75, 3.05) is 12.3 Å². The van der Waals surface area contributed by atoms with Crippen molar-refractivity contribution in [3.8, 4) is 0 Å². The summed E-state index contributed by atoms with van der Waals surface area (Å²) in [7, 11) is 0. The number of thioether (sulfide) groups is 1. The summed E-state index contributed by atoms with van der Waals surface area (Å²) in [6.45, 7) is 2.52. The van der Waals surface area contributed by atoms with Crippen LogP contribution in [0.15, 0.2) is 5.38 Å². The van der Waals surface area contributed by atoms with Crippen LogP contribution in [-0.4, -0.2) is 45.2 Å². The van der Waals surface area contributed by atoms with Crippen LogP contribution in [0.1, 0.15) is 30.0 Å². The third-order valence-corrected chi connectivity index (χ3v) is 5.02. The molecule has 0 aliphatic carbocycles. The summed E-state index contributed by atoms with van der Waals surface area (Å²) in [4.78, 5) is 29.2. The van der Waals surface area contributed by atoms with Gasteiger partial charge in [-0.3, -0.25) is 4.79 Å². The highest BCUT2D eigenvalue weighted by Crippen LogP contribution is 2.20. The van der Waals surface area contributed by atoms with E-state index in [1.807, 2.05) is 12.3 Å². The van der Waals surface area contributed by atoms with E-state index in [1.165, 1.54) is 16.7 Å². The van der Waals surface area contributed by atoms with Crippen LogP contribution in [0.4, 0.5) is 0 Å². The van der Waals surface area contributed by atoms with Crippen LogP contribution in [0.3, 0.4) is 0 Å². The molecule has 0 saturated carbocycles. The average Bonchev–Trinajstić information content (AvgIpc) is 2.84. The first-order valence-corrected chi connectivity index (χ1v) is 8.62. The molecule has 20 heavy (non-hydrogen) atoms.